The maximum atomic E-state index is 12.5. The number of hydrogen-bond donors (Lipinski definition) is 2. The first-order valence-electron chi connectivity index (χ1n) is 9.78. The monoisotopic (exact) mass is 376 g/mol. The third-order valence-electron chi connectivity index (χ3n) is 5.91. The van der Waals surface area contributed by atoms with Crippen LogP contribution in [0.25, 0.3) is 21.9 Å². The lowest BCUT2D eigenvalue weighted by molar-refractivity contribution is 0.180. The Morgan fingerprint density at radius 3 is 2.75 bits per heavy atom. The van der Waals surface area contributed by atoms with Crippen molar-refractivity contribution >= 4 is 21.9 Å². The maximum Gasteiger partial charge on any atom is 0.326 e. The van der Waals surface area contributed by atoms with Crippen LogP contribution in [0.5, 0.6) is 5.75 Å². The molecule has 1 fully saturated rings. The largest absolute Gasteiger partial charge is 0.497 e. The molecule has 0 saturated carbocycles. The van der Waals surface area contributed by atoms with Crippen molar-refractivity contribution in [3.05, 3.63) is 64.7 Å². The van der Waals surface area contributed by atoms with Gasteiger partial charge in [0.1, 0.15) is 5.75 Å². The fourth-order valence-electron chi connectivity index (χ4n) is 4.43. The third-order valence-corrected chi connectivity index (χ3v) is 5.91. The van der Waals surface area contributed by atoms with Gasteiger partial charge in [-0.3, -0.25) is 9.47 Å². The van der Waals surface area contributed by atoms with E-state index in [-0.39, 0.29) is 11.7 Å². The number of aromatic amines is 2. The Kier molecular flexibility index (Phi) is 4.20. The molecule has 1 aliphatic rings. The zero-order valence-corrected chi connectivity index (χ0v) is 15.9. The van der Waals surface area contributed by atoms with Gasteiger partial charge in [0.2, 0.25) is 0 Å². The second-order valence-corrected chi connectivity index (χ2v) is 7.55. The smallest absolute Gasteiger partial charge is 0.326 e. The Balaban J connectivity index is 1.32. The number of ether oxygens (including phenoxy) is 1. The lowest BCUT2D eigenvalue weighted by Gasteiger charge is -2.32. The van der Waals surface area contributed by atoms with Gasteiger partial charge in [-0.1, -0.05) is 12.1 Å². The van der Waals surface area contributed by atoms with Crippen molar-refractivity contribution in [2.24, 2.45) is 0 Å². The van der Waals surface area contributed by atoms with Crippen LogP contribution in [0.1, 0.15) is 24.4 Å². The van der Waals surface area contributed by atoms with Crippen LogP contribution in [0.2, 0.25) is 0 Å². The first-order chi connectivity index (χ1) is 13.7. The summed E-state index contributed by atoms with van der Waals surface area (Å²) in [7, 11) is 1.70. The van der Waals surface area contributed by atoms with Gasteiger partial charge in [-0.2, -0.15) is 0 Å². The van der Waals surface area contributed by atoms with Crippen molar-refractivity contribution < 1.29 is 4.74 Å². The molecule has 3 heterocycles. The number of hydrogen-bond acceptors (Lipinski definition) is 3. The molecule has 0 bridgehead atoms. The topological polar surface area (TPSA) is 66.0 Å². The summed E-state index contributed by atoms with van der Waals surface area (Å²) in [5, 5.41) is 1.22. The average molecular weight is 376 g/mol. The van der Waals surface area contributed by atoms with E-state index in [9.17, 15) is 4.79 Å². The van der Waals surface area contributed by atoms with Crippen molar-refractivity contribution in [2.75, 3.05) is 20.2 Å². The quantitative estimate of drug-likeness (QED) is 0.571. The Labute approximate surface area is 162 Å². The van der Waals surface area contributed by atoms with E-state index in [0.29, 0.717) is 0 Å². The first-order valence-corrected chi connectivity index (χ1v) is 9.78. The van der Waals surface area contributed by atoms with E-state index in [4.69, 9.17) is 4.74 Å². The van der Waals surface area contributed by atoms with E-state index in [1.165, 1.54) is 10.9 Å². The fourth-order valence-corrected chi connectivity index (χ4v) is 4.43. The molecular formula is C22H24N4O2. The normalized spacial score (nSPS) is 16.2. The molecule has 0 unspecified atom stereocenters. The van der Waals surface area contributed by atoms with Crippen LogP contribution in [0.15, 0.2) is 53.5 Å². The van der Waals surface area contributed by atoms with Crippen LogP contribution in [0.3, 0.4) is 0 Å². The number of nitrogens with one attached hydrogen (secondary N) is 2. The summed E-state index contributed by atoms with van der Waals surface area (Å²) >= 11 is 0. The Hall–Kier alpha value is -2.99. The number of rotatable bonds is 4. The summed E-state index contributed by atoms with van der Waals surface area (Å²) in [6.07, 6.45) is 4.06. The number of imidazole rings is 1. The molecule has 0 amide bonds. The Morgan fingerprint density at radius 1 is 1.11 bits per heavy atom. The van der Waals surface area contributed by atoms with E-state index in [2.05, 4.69) is 33.2 Å². The van der Waals surface area contributed by atoms with E-state index in [0.717, 1.165) is 54.8 Å². The Bertz CT molecular complexity index is 1180. The molecule has 6 heteroatoms. The highest BCUT2D eigenvalue weighted by atomic mass is 16.5. The molecule has 0 aliphatic carbocycles. The summed E-state index contributed by atoms with van der Waals surface area (Å²) in [6.45, 7) is 2.86. The standard InChI is InChI=1S/C22H24N4O2/c1-28-17-6-7-19-18(12-17)15(13-23-19)14-25-10-8-16(9-11-25)26-21-5-3-2-4-20(21)24-22(26)27/h2-7,12-13,16,23H,8-11,14H2,1H3,(H,24,27). The van der Waals surface area contributed by atoms with Crippen LogP contribution in [-0.2, 0) is 6.54 Å². The van der Waals surface area contributed by atoms with Crippen molar-refractivity contribution in [1.29, 1.82) is 0 Å². The number of nitrogens with zero attached hydrogens (tertiary/aromatic N) is 2. The van der Waals surface area contributed by atoms with Crippen molar-refractivity contribution in [1.82, 2.24) is 19.4 Å². The molecule has 2 aromatic carbocycles. The van der Waals surface area contributed by atoms with E-state index < -0.39 is 0 Å². The molecule has 2 aromatic heterocycles. The molecule has 0 radical (unpaired) electrons. The number of para-hydroxylation sites is 2. The van der Waals surface area contributed by atoms with Gasteiger partial charge in [0, 0.05) is 42.8 Å². The fraction of sp³-hybridized carbons (Fsp3) is 0.318. The molecule has 0 spiro atoms. The zero-order valence-electron chi connectivity index (χ0n) is 15.9. The predicted molar refractivity (Wildman–Crippen MR) is 111 cm³/mol. The summed E-state index contributed by atoms with van der Waals surface area (Å²) in [5.74, 6) is 0.880. The minimum Gasteiger partial charge on any atom is -0.497 e. The van der Waals surface area contributed by atoms with Gasteiger partial charge < -0.3 is 14.7 Å². The number of piperidine rings is 1. The molecule has 2 N–H and O–H groups in total. The lowest BCUT2D eigenvalue weighted by atomic mass is 10.0. The number of H-pyrrole nitrogens is 2. The number of likely N-dealkylation sites (tertiary alicyclic amines) is 1. The summed E-state index contributed by atoms with van der Waals surface area (Å²) in [4.78, 5) is 21.3. The molecule has 144 valence electrons. The minimum atomic E-state index is 0.00312. The van der Waals surface area contributed by atoms with Crippen LogP contribution in [-0.4, -0.2) is 39.6 Å². The molecular weight excluding hydrogens is 352 g/mol. The average Bonchev–Trinajstić information content (AvgIpc) is 3.28. The Morgan fingerprint density at radius 2 is 1.93 bits per heavy atom. The van der Waals surface area contributed by atoms with Gasteiger partial charge in [0.05, 0.1) is 18.1 Å². The van der Waals surface area contributed by atoms with E-state index in [1.54, 1.807) is 7.11 Å². The molecule has 0 atom stereocenters. The number of fused-ring (bicyclic) bond motifs is 2. The summed E-state index contributed by atoms with van der Waals surface area (Å²) in [6, 6.07) is 14.3. The molecule has 1 saturated heterocycles. The number of aromatic nitrogens is 3. The first kappa shape index (κ1) is 17.1. The lowest BCUT2D eigenvalue weighted by Crippen LogP contribution is -2.36. The van der Waals surface area contributed by atoms with E-state index >= 15 is 0 Å². The second kappa shape index (κ2) is 6.87. The van der Waals surface area contributed by atoms with Crippen LogP contribution in [0, 0.1) is 0 Å². The van der Waals surface area contributed by atoms with Crippen LogP contribution < -0.4 is 10.4 Å². The van der Waals surface area contributed by atoms with Crippen molar-refractivity contribution in [3.63, 3.8) is 0 Å². The van der Waals surface area contributed by atoms with Crippen molar-refractivity contribution in [2.45, 2.75) is 25.4 Å². The van der Waals surface area contributed by atoms with Crippen LogP contribution in [0.4, 0.5) is 0 Å². The third kappa shape index (κ3) is 2.90. The molecule has 1 aliphatic heterocycles. The van der Waals surface area contributed by atoms with Gasteiger partial charge in [0.15, 0.2) is 0 Å². The van der Waals surface area contributed by atoms with Gasteiger partial charge in [0.25, 0.3) is 0 Å². The van der Waals surface area contributed by atoms with Crippen molar-refractivity contribution in [3.8, 4) is 5.75 Å². The van der Waals surface area contributed by atoms with Gasteiger partial charge in [-0.15, -0.1) is 0 Å². The predicted octanol–water partition coefficient (Wildman–Crippen LogP) is 3.66. The highest BCUT2D eigenvalue weighted by Gasteiger charge is 2.24. The molecule has 5 rings (SSSR count). The van der Waals surface area contributed by atoms with Gasteiger partial charge in [-0.05, 0) is 48.7 Å². The number of methoxy groups -OCH3 is 1. The molecule has 4 aromatic rings. The highest BCUT2D eigenvalue weighted by Crippen LogP contribution is 2.28. The second-order valence-electron chi connectivity index (χ2n) is 7.55. The summed E-state index contributed by atoms with van der Waals surface area (Å²) in [5.41, 5.74) is 4.35. The molecule has 6 nitrogen and oxygen atoms in total. The highest BCUT2D eigenvalue weighted by molar-refractivity contribution is 5.84. The SMILES string of the molecule is COc1ccc2[nH]cc(CN3CCC(n4c(=O)[nH]c5ccccc54)CC3)c2c1. The zero-order chi connectivity index (χ0) is 19.1. The summed E-state index contributed by atoms with van der Waals surface area (Å²) < 4.78 is 7.32. The minimum absolute atomic E-state index is 0.00312. The maximum absolute atomic E-state index is 12.5. The van der Waals surface area contributed by atoms with Crippen LogP contribution >= 0.6 is 0 Å². The van der Waals surface area contributed by atoms with Gasteiger partial charge >= 0.3 is 5.69 Å². The van der Waals surface area contributed by atoms with Gasteiger partial charge in [-0.25, -0.2) is 4.79 Å². The van der Waals surface area contributed by atoms with E-state index in [1.807, 2.05) is 34.9 Å². The molecule has 28 heavy (non-hydrogen) atoms. The number of benzene rings is 2.